The average molecular weight is 316 g/mol. The molecule has 0 aromatic carbocycles. The minimum absolute atomic E-state index is 0.0261. The summed E-state index contributed by atoms with van der Waals surface area (Å²) in [6, 6.07) is 0. The Morgan fingerprint density at radius 1 is 1.22 bits per heavy atom. The zero-order valence-corrected chi connectivity index (χ0v) is 13.2. The lowest BCUT2D eigenvalue weighted by atomic mass is 10.1. The van der Waals surface area contributed by atoms with Crippen molar-refractivity contribution in [1.82, 2.24) is 30.4 Å². The standard InChI is InChI=1S/C15H20N6O2/c1-11-7-17-12(8-16-11)15-20-19-14(23-15)9-18-13(22)10-21-5-3-2-4-6-21/h7-8H,2-6,9-10H2,1H3,(H,18,22). The average Bonchev–Trinajstić information content (AvgIpc) is 3.04. The van der Waals surface area contributed by atoms with Gasteiger partial charge in [0.2, 0.25) is 11.8 Å². The molecule has 1 aliphatic rings. The molecule has 0 spiro atoms. The summed E-state index contributed by atoms with van der Waals surface area (Å²) in [5.74, 6) is 0.633. The van der Waals surface area contributed by atoms with Gasteiger partial charge in [0.15, 0.2) is 0 Å². The van der Waals surface area contributed by atoms with Gasteiger partial charge in [-0.15, -0.1) is 10.2 Å². The molecule has 8 heteroatoms. The summed E-state index contributed by atoms with van der Waals surface area (Å²) in [5.41, 5.74) is 1.34. The molecule has 3 rings (SSSR count). The van der Waals surface area contributed by atoms with Crippen LogP contribution in [-0.4, -0.2) is 50.6 Å². The number of aromatic nitrogens is 4. The SMILES string of the molecule is Cc1cnc(-c2nnc(CNC(=O)CN3CCCCC3)o2)cn1. The highest BCUT2D eigenvalue weighted by Crippen LogP contribution is 2.13. The van der Waals surface area contributed by atoms with Crippen LogP contribution in [0.2, 0.25) is 0 Å². The van der Waals surface area contributed by atoms with E-state index in [9.17, 15) is 4.79 Å². The highest BCUT2D eigenvalue weighted by molar-refractivity contribution is 5.77. The lowest BCUT2D eigenvalue weighted by Gasteiger charge is -2.25. The van der Waals surface area contributed by atoms with Crippen molar-refractivity contribution in [3.8, 4) is 11.6 Å². The van der Waals surface area contributed by atoms with E-state index in [1.54, 1.807) is 12.4 Å². The first-order valence-corrected chi connectivity index (χ1v) is 7.81. The number of aryl methyl sites for hydroxylation is 1. The number of hydrogen-bond acceptors (Lipinski definition) is 7. The quantitative estimate of drug-likeness (QED) is 0.876. The Kier molecular flexibility index (Phi) is 4.92. The van der Waals surface area contributed by atoms with E-state index in [4.69, 9.17) is 4.42 Å². The zero-order valence-electron chi connectivity index (χ0n) is 13.2. The number of carbonyl (C=O) groups is 1. The fraction of sp³-hybridized carbons (Fsp3) is 0.533. The second-order valence-corrected chi connectivity index (χ2v) is 5.66. The van der Waals surface area contributed by atoms with Crippen LogP contribution in [0, 0.1) is 6.92 Å². The first-order valence-electron chi connectivity index (χ1n) is 7.81. The molecule has 1 amide bonds. The number of carbonyl (C=O) groups excluding carboxylic acids is 1. The maximum absolute atomic E-state index is 11.9. The van der Waals surface area contributed by atoms with E-state index in [1.807, 2.05) is 6.92 Å². The van der Waals surface area contributed by atoms with Gasteiger partial charge in [0.1, 0.15) is 5.69 Å². The number of amides is 1. The van der Waals surface area contributed by atoms with Crippen LogP contribution < -0.4 is 5.32 Å². The predicted molar refractivity (Wildman–Crippen MR) is 82.2 cm³/mol. The topological polar surface area (TPSA) is 97.0 Å². The van der Waals surface area contributed by atoms with Crippen molar-refractivity contribution in [3.05, 3.63) is 24.0 Å². The van der Waals surface area contributed by atoms with Gasteiger partial charge in [-0.1, -0.05) is 6.42 Å². The van der Waals surface area contributed by atoms with Crippen LogP contribution in [-0.2, 0) is 11.3 Å². The molecule has 0 saturated carbocycles. The number of rotatable bonds is 5. The van der Waals surface area contributed by atoms with Crippen LogP contribution in [0.4, 0.5) is 0 Å². The number of nitrogens with zero attached hydrogens (tertiary/aromatic N) is 5. The lowest BCUT2D eigenvalue weighted by molar-refractivity contribution is -0.122. The van der Waals surface area contributed by atoms with Gasteiger partial charge in [0, 0.05) is 6.20 Å². The van der Waals surface area contributed by atoms with Crippen molar-refractivity contribution in [2.75, 3.05) is 19.6 Å². The third kappa shape index (κ3) is 4.32. The molecule has 2 aromatic rings. The van der Waals surface area contributed by atoms with E-state index < -0.39 is 0 Å². The summed E-state index contributed by atoms with van der Waals surface area (Å²) < 4.78 is 5.50. The van der Waals surface area contributed by atoms with Crippen LogP contribution in [0.1, 0.15) is 30.8 Å². The van der Waals surface area contributed by atoms with E-state index in [1.165, 1.54) is 6.42 Å². The summed E-state index contributed by atoms with van der Waals surface area (Å²) in [7, 11) is 0. The molecule has 122 valence electrons. The Bertz CT molecular complexity index is 648. The molecule has 8 nitrogen and oxygen atoms in total. The maximum atomic E-state index is 11.9. The third-order valence-corrected chi connectivity index (χ3v) is 3.72. The van der Waals surface area contributed by atoms with Crippen molar-refractivity contribution in [1.29, 1.82) is 0 Å². The molecule has 1 aliphatic heterocycles. The summed E-state index contributed by atoms with van der Waals surface area (Å²) in [6.07, 6.45) is 6.81. The van der Waals surface area contributed by atoms with Crippen LogP contribution in [0.3, 0.4) is 0 Å². The van der Waals surface area contributed by atoms with Crippen molar-refractivity contribution in [3.63, 3.8) is 0 Å². The highest BCUT2D eigenvalue weighted by Gasteiger charge is 2.15. The summed E-state index contributed by atoms with van der Waals surface area (Å²) in [4.78, 5) is 22.4. The maximum Gasteiger partial charge on any atom is 0.267 e. The first kappa shape index (κ1) is 15.5. The predicted octanol–water partition coefficient (Wildman–Crippen LogP) is 0.937. The van der Waals surface area contributed by atoms with Crippen LogP contribution in [0.25, 0.3) is 11.6 Å². The molecule has 0 atom stereocenters. The summed E-state index contributed by atoms with van der Waals surface area (Å²) >= 11 is 0. The van der Waals surface area contributed by atoms with Crippen LogP contribution in [0.15, 0.2) is 16.8 Å². The van der Waals surface area contributed by atoms with E-state index >= 15 is 0 Å². The Morgan fingerprint density at radius 2 is 2.04 bits per heavy atom. The molecule has 0 bridgehead atoms. The van der Waals surface area contributed by atoms with Crippen molar-refractivity contribution < 1.29 is 9.21 Å². The fourth-order valence-electron chi connectivity index (χ4n) is 2.48. The summed E-state index contributed by atoms with van der Waals surface area (Å²) in [5, 5.41) is 10.7. The van der Waals surface area contributed by atoms with Crippen LogP contribution >= 0.6 is 0 Å². The Labute approximate surface area is 134 Å². The Balaban J connectivity index is 1.50. The van der Waals surface area contributed by atoms with E-state index in [0.717, 1.165) is 31.6 Å². The van der Waals surface area contributed by atoms with Crippen molar-refractivity contribution >= 4 is 5.91 Å². The minimum Gasteiger partial charge on any atom is -0.417 e. The second kappa shape index (κ2) is 7.28. The largest absolute Gasteiger partial charge is 0.417 e. The van der Waals surface area contributed by atoms with Gasteiger partial charge in [-0.05, 0) is 32.9 Å². The molecule has 2 aromatic heterocycles. The van der Waals surface area contributed by atoms with Gasteiger partial charge in [-0.25, -0.2) is 4.98 Å². The normalized spacial score (nSPS) is 15.5. The molecule has 23 heavy (non-hydrogen) atoms. The van der Waals surface area contributed by atoms with Gasteiger partial charge < -0.3 is 9.73 Å². The third-order valence-electron chi connectivity index (χ3n) is 3.72. The van der Waals surface area contributed by atoms with Crippen molar-refractivity contribution in [2.45, 2.75) is 32.7 Å². The Hall–Kier alpha value is -2.35. The fourth-order valence-corrected chi connectivity index (χ4v) is 2.48. The molecule has 3 heterocycles. The molecule has 0 unspecified atom stereocenters. The smallest absolute Gasteiger partial charge is 0.267 e. The second-order valence-electron chi connectivity index (χ2n) is 5.66. The van der Waals surface area contributed by atoms with Gasteiger partial charge in [0.05, 0.1) is 25.0 Å². The molecular weight excluding hydrogens is 296 g/mol. The van der Waals surface area contributed by atoms with Gasteiger partial charge in [-0.2, -0.15) is 0 Å². The van der Waals surface area contributed by atoms with Gasteiger partial charge >= 0.3 is 0 Å². The molecule has 1 N–H and O–H groups in total. The van der Waals surface area contributed by atoms with E-state index in [-0.39, 0.29) is 12.5 Å². The number of nitrogens with one attached hydrogen (secondary N) is 1. The number of hydrogen-bond donors (Lipinski definition) is 1. The molecular formula is C15H20N6O2. The van der Waals surface area contributed by atoms with Crippen molar-refractivity contribution in [2.24, 2.45) is 0 Å². The Morgan fingerprint density at radius 3 is 2.78 bits per heavy atom. The molecule has 1 fully saturated rings. The first-order chi connectivity index (χ1) is 11.2. The van der Waals surface area contributed by atoms with E-state index in [2.05, 4.69) is 30.4 Å². The van der Waals surface area contributed by atoms with Gasteiger partial charge in [-0.3, -0.25) is 14.7 Å². The molecule has 1 saturated heterocycles. The molecule has 0 aliphatic carbocycles. The molecule has 0 radical (unpaired) electrons. The number of likely N-dealkylation sites (tertiary alicyclic amines) is 1. The monoisotopic (exact) mass is 316 g/mol. The lowest BCUT2D eigenvalue weighted by Crippen LogP contribution is -2.39. The van der Waals surface area contributed by atoms with Gasteiger partial charge in [0.25, 0.3) is 5.89 Å². The summed E-state index contributed by atoms with van der Waals surface area (Å²) in [6.45, 7) is 4.48. The highest BCUT2D eigenvalue weighted by atomic mass is 16.4. The number of piperidine rings is 1. The van der Waals surface area contributed by atoms with E-state index in [0.29, 0.717) is 24.0 Å². The van der Waals surface area contributed by atoms with Crippen LogP contribution in [0.5, 0.6) is 0 Å². The zero-order chi connectivity index (χ0) is 16.1. The minimum atomic E-state index is -0.0261.